The molecule has 1 aromatic carbocycles. The van der Waals surface area contributed by atoms with Gasteiger partial charge in [0.05, 0.1) is 18.4 Å². The number of nitrogens with one attached hydrogen (secondary N) is 1. The van der Waals surface area contributed by atoms with Gasteiger partial charge in [-0.05, 0) is 44.5 Å². The van der Waals surface area contributed by atoms with E-state index >= 15 is 0 Å². The zero-order valence-corrected chi connectivity index (χ0v) is 16.1. The standard InChI is InChI=1S/C19H23ClN2O4/c1-5-8-21-18(23)11-26-19(24)15-9-12(2)22(13(15)3)16-10-14(20)6-7-17(16)25-4/h6-7,9-10H,5,8,11H2,1-4H3,(H,21,23). The number of aryl methyl sites for hydroxylation is 1. The van der Waals surface area contributed by atoms with Crippen LogP contribution in [0.1, 0.15) is 35.1 Å². The van der Waals surface area contributed by atoms with Crippen LogP contribution in [0, 0.1) is 13.8 Å². The molecule has 0 fully saturated rings. The van der Waals surface area contributed by atoms with Crippen LogP contribution in [-0.2, 0) is 9.53 Å². The predicted octanol–water partition coefficient (Wildman–Crippen LogP) is 3.44. The molecule has 2 aromatic rings. The number of hydrogen-bond donors (Lipinski definition) is 1. The normalized spacial score (nSPS) is 10.5. The van der Waals surface area contributed by atoms with Crippen molar-refractivity contribution in [3.05, 3.63) is 46.2 Å². The second-order valence-electron chi connectivity index (χ2n) is 5.86. The average molecular weight is 379 g/mol. The number of methoxy groups -OCH3 is 1. The molecule has 0 unspecified atom stereocenters. The van der Waals surface area contributed by atoms with Gasteiger partial charge in [0.2, 0.25) is 0 Å². The number of hydrogen-bond acceptors (Lipinski definition) is 4. The van der Waals surface area contributed by atoms with Crippen molar-refractivity contribution in [1.82, 2.24) is 9.88 Å². The summed E-state index contributed by atoms with van der Waals surface area (Å²) in [7, 11) is 1.57. The largest absolute Gasteiger partial charge is 0.495 e. The molecule has 1 heterocycles. The third-order valence-corrected chi connectivity index (χ3v) is 4.17. The molecule has 26 heavy (non-hydrogen) atoms. The molecule has 1 amide bonds. The lowest BCUT2D eigenvalue weighted by Gasteiger charge is -2.14. The van der Waals surface area contributed by atoms with Crippen LogP contribution in [0.5, 0.6) is 5.75 Å². The van der Waals surface area contributed by atoms with Crippen molar-refractivity contribution < 1.29 is 19.1 Å². The Labute approximate surface area is 158 Å². The van der Waals surface area contributed by atoms with E-state index in [0.717, 1.165) is 17.8 Å². The van der Waals surface area contributed by atoms with E-state index in [-0.39, 0.29) is 12.5 Å². The molecule has 6 nitrogen and oxygen atoms in total. The van der Waals surface area contributed by atoms with Crippen LogP contribution in [0.2, 0.25) is 5.02 Å². The number of carbonyl (C=O) groups excluding carboxylic acids is 2. The Balaban J connectivity index is 2.26. The van der Waals surface area contributed by atoms with Crippen molar-refractivity contribution in [2.45, 2.75) is 27.2 Å². The first-order chi connectivity index (χ1) is 12.4. The van der Waals surface area contributed by atoms with Crippen LogP contribution in [-0.4, -0.2) is 36.7 Å². The highest BCUT2D eigenvalue weighted by atomic mass is 35.5. The van der Waals surface area contributed by atoms with E-state index < -0.39 is 5.97 Å². The summed E-state index contributed by atoms with van der Waals surface area (Å²) < 4.78 is 12.4. The minimum absolute atomic E-state index is 0.303. The molecule has 0 aliphatic heterocycles. The summed E-state index contributed by atoms with van der Waals surface area (Å²) in [5.41, 5.74) is 2.63. The van der Waals surface area contributed by atoms with Gasteiger partial charge in [0.1, 0.15) is 5.75 Å². The van der Waals surface area contributed by atoms with Gasteiger partial charge in [-0.15, -0.1) is 0 Å². The number of halogens is 1. The summed E-state index contributed by atoms with van der Waals surface area (Å²) in [4.78, 5) is 24.0. The highest BCUT2D eigenvalue weighted by Crippen LogP contribution is 2.30. The number of aromatic nitrogens is 1. The number of carbonyl (C=O) groups is 2. The lowest BCUT2D eigenvalue weighted by molar-refractivity contribution is -0.124. The van der Waals surface area contributed by atoms with Gasteiger partial charge in [0.25, 0.3) is 5.91 Å². The summed E-state index contributed by atoms with van der Waals surface area (Å²) in [5, 5.41) is 3.23. The van der Waals surface area contributed by atoms with Crippen molar-refractivity contribution in [1.29, 1.82) is 0 Å². The summed E-state index contributed by atoms with van der Waals surface area (Å²) in [6, 6.07) is 7.00. The minimum Gasteiger partial charge on any atom is -0.495 e. The van der Waals surface area contributed by atoms with Crippen molar-refractivity contribution in [2.24, 2.45) is 0 Å². The van der Waals surface area contributed by atoms with E-state index in [1.54, 1.807) is 38.3 Å². The maximum absolute atomic E-state index is 12.4. The lowest BCUT2D eigenvalue weighted by Crippen LogP contribution is -2.29. The fraction of sp³-hybridized carbons (Fsp3) is 0.368. The van der Waals surface area contributed by atoms with Crippen molar-refractivity contribution >= 4 is 23.5 Å². The highest BCUT2D eigenvalue weighted by molar-refractivity contribution is 6.30. The molecule has 0 aliphatic carbocycles. The highest BCUT2D eigenvalue weighted by Gasteiger charge is 2.20. The van der Waals surface area contributed by atoms with Crippen LogP contribution < -0.4 is 10.1 Å². The third kappa shape index (κ3) is 4.38. The van der Waals surface area contributed by atoms with E-state index in [2.05, 4.69) is 5.32 Å². The van der Waals surface area contributed by atoms with Gasteiger partial charge < -0.3 is 19.4 Å². The molecule has 140 valence electrons. The Morgan fingerprint density at radius 3 is 2.62 bits per heavy atom. The van der Waals surface area contributed by atoms with Gasteiger partial charge in [-0.2, -0.15) is 0 Å². The minimum atomic E-state index is -0.544. The Bertz CT molecular complexity index is 814. The maximum atomic E-state index is 12.4. The summed E-state index contributed by atoms with van der Waals surface area (Å²) in [6.45, 7) is 5.88. The van der Waals surface area contributed by atoms with Crippen molar-refractivity contribution in [3.8, 4) is 11.4 Å². The van der Waals surface area contributed by atoms with E-state index in [1.165, 1.54) is 0 Å². The summed E-state index contributed by atoms with van der Waals surface area (Å²) in [5.74, 6) is -0.224. The molecular weight excluding hydrogens is 356 g/mol. The summed E-state index contributed by atoms with van der Waals surface area (Å²) in [6.07, 6.45) is 0.822. The van der Waals surface area contributed by atoms with Gasteiger partial charge in [0, 0.05) is 23.0 Å². The fourth-order valence-electron chi connectivity index (χ4n) is 2.70. The smallest absolute Gasteiger partial charge is 0.340 e. The SMILES string of the molecule is CCCNC(=O)COC(=O)c1cc(C)n(-c2cc(Cl)ccc2OC)c1C. The number of benzene rings is 1. The van der Waals surface area contributed by atoms with Gasteiger partial charge in [-0.3, -0.25) is 4.79 Å². The van der Waals surface area contributed by atoms with Gasteiger partial charge in [0.15, 0.2) is 6.61 Å². The number of amides is 1. The van der Waals surface area contributed by atoms with Gasteiger partial charge in [-0.1, -0.05) is 18.5 Å². The van der Waals surface area contributed by atoms with Crippen molar-refractivity contribution in [3.63, 3.8) is 0 Å². The van der Waals surface area contributed by atoms with Crippen LogP contribution in [0.25, 0.3) is 5.69 Å². The predicted molar refractivity (Wildman–Crippen MR) is 100 cm³/mol. The zero-order chi connectivity index (χ0) is 19.3. The zero-order valence-electron chi connectivity index (χ0n) is 15.4. The Morgan fingerprint density at radius 2 is 1.96 bits per heavy atom. The molecule has 0 spiro atoms. The van der Waals surface area contributed by atoms with Gasteiger partial charge >= 0.3 is 5.97 Å². The summed E-state index contributed by atoms with van der Waals surface area (Å²) >= 11 is 6.12. The van der Waals surface area contributed by atoms with Gasteiger partial charge in [-0.25, -0.2) is 4.79 Å². The Morgan fingerprint density at radius 1 is 1.23 bits per heavy atom. The molecule has 0 radical (unpaired) electrons. The molecule has 0 aliphatic rings. The lowest BCUT2D eigenvalue weighted by atomic mass is 10.2. The van der Waals surface area contributed by atoms with Crippen LogP contribution in [0.3, 0.4) is 0 Å². The van der Waals surface area contributed by atoms with Crippen LogP contribution >= 0.6 is 11.6 Å². The molecule has 1 N–H and O–H groups in total. The van der Waals surface area contributed by atoms with Crippen LogP contribution in [0.4, 0.5) is 0 Å². The van der Waals surface area contributed by atoms with Crippen LogP contribution in [0.15, 0.2) is 24.3 Å². The molecular formula is C19H23ClN2O4. The Kier molecular flexibility index (Phi) is 6.69. The molecule has 0 saturated heterocycles. The number of nitrogens with zero attached hydrogens (tertiary/aromatic N) is 1. The first kappa shape index (κ1) is 19.8. The monoisotopic (exact) mass is 378 g/mol. The van der Waals surface area contributed by atoms with E-state index in [0.29, 0.717) is 28.6 Å². The second kappa shape index (κ2) is 8.76. The van der Waals surface area contributed by atoms with Crippen molar-refractivity contribution in [2.75, 3.05) is 20.3 Å². The average Bonchev–Trinajstić information content (AvgIpc) is 2.92. The molecule has 7 heteroatoms. The first-order valence-electron chi connectivity index (χ1n) is 8.35. The molecule has 0 bridgehead atoms. The number of esters is 1. The maximum Gasteiger partial charge on any atom is 0.340 e. The number of rotatable bonds is 7. The Hall–Kier alpha value is -2.47. The van der Waals surface area contributed by atoms with E-state index in [1.807, 2.05) is 18.4 Å². The van der Waals surface area contributed by atoms with E-state index in [9.17, 15) is 9.59 Å². The quantitative estimate of drug-likeness (QED) is 0.749. The first-order valence-corrected chi connectivity index (χ1v) is 8.73. The number of ether oxygens (including phenoxy) is 2. The molecule has 1 aromatic heterocycles. The molecule has 0 saturated carbocycles. The topological polar surface area (TPSA) is 69.6 Å². The fourth-order valence-corrected chi connectivity index (χ4v) is 2.87. The van der Waals surface area contributed by atoms with E-state index in [4.69, 9.17) is 21.1 Å². The molecule has 0 atom stereocenters. The molecule has 2 rings (SSSR count). The second-order valence-corrected chi connectivity index (χ2v) is 6.30. The third-order valence-electron chi connectivity index (χ3n) is 3.94.